The number of benzene rings is 1. The number of carbonyl (C=O) groups excluding carboxylic acids is 3. The lowest BCUT2D eigenvalue weighted by Gasteiger charge is -2.42. The number of amides is 4. The average molecular weight is 323 g/mol. The molecule has 0 saturated carbocycles. The Morgan fingerprint density at radius 3 is 2.55 bits per heavy atom. The lowest BCUT2D eigenvalue weighted by Crippen LogP contribution is -2.62. The fraction of sp³-hybridized carbons (Fsp3) is 0.357. The van der Waals surface area contributed by atoms with Crippen LogP contribution in [0.2, 0.25) is 0 Å². The van der Waals surface area contributed by atoms with Gasteiger partial charge in [0.15, 0.2) is 0 Å². The van der Waals surface area contributed by atoms with E-state index in [1.165, 1.54) is 28.8 Å². The summed E-state index contributed by atoms with van der Waals surface area (Å²) in [5.74, 6) is -0.367. The minimum absolute atomic E-state index is 0.0314. The van der Waals surface area contributed by atoms with Gasteiger partial charge >= 0.3 is 6.03 Å². The normalized spacial score (nSPS) is 18.4. The zero-order valence-corrected chi connectivity index (χ0v) is 12.4. The molecule has 1 aromatic carbocycles. The van der Waals surface area contributed by atoms with E-state index in [2.05, 4.69) is 5.32 Å². The largest absolute Gasteiger partial charge is 0.338 e. The van der Waals surface area contributed by atoms with Gasteiger partial charge in [0, 0.05) is 18.0 Å². The molecule has 116 valence electrons. The molecule has 1 aromatic rings. The molecule has 6 nitrogen and oxygen atoms in total. The Morgan fingerprint density at radius 1 is 1.27 bits per heavy atom. The van der Waals surface area contributed by atoms with Crippen LogP contribution in [-0.2, 0) is 9.59 Å². The molecule has 1 N–H and O–H groups in total. The lowest BCUT2D eigenvalue weighted by atomic mass is 10.1. The molecule has 0 aromatic heterocycles. The van der Waals surface area contributed by atoms with Gasteiger partial charge in [-0.15, -0.1) is 11.8 Å². The molecule has 2 aliphatic rings. The van der Waals surface area contributed by atoms with Crippen molar-refractivity contribution in [2.24, 2.45) is 0 Å². The predicted molar refractivity (Wildman–Crippen MR) is 77.7 cm³/mol. The van der Waals surface area contributed by atoms with Crippen LogP contribution >= 0.6 is 11.8 Å². The summed E-state index contributed by atoms with van der Waals surface area (Å²) in [7, 11) is 0. The molecule has 0 atom stereocenters. The van der Waals surface area contributed by atoms with Crippen LogP contribution in [0.15, 0.2) is 29.2 Å². The fourth-order valence-electron chi connectivity index (χ4n) is 2.39. The van der Waals surface area contributed by atoms with Crippen molar-refractivity contribution in [2.75, 3.05) is 25.4 Å². The number of hydrogen-bond acceptors (Lipinski definition) is 4. The first kappa shape index (κ1) is 14.8. The molecule has 8 heteroatoms. The Labute approximate surface area is 130 Å². The molecular weight excluding hydrogens is 309 g/mol. The highest BCUT2D eigenvalue weighted by Crippen LogP contribution is 2.22. The van der Waals surface area contributed by atoms with Crippen molar-refractivity contribution in [3.63, 3.8) is 0 Å². The van der Waals surface area contributed by atoms with Crippen LogP contribution in [0.25, 0.3) is 0 Å². The summed E-state index contributed by atoms with van der Waals surface area (Å²) < 4.78 is 12.8. The third kappa shape index (κ3) is 2.92. The van der Waals surface area contributed by atoms with Gasteiger partial charge in [-0.05, 0) is 24.3 Å². The van der Waals surface area contributed by atoms with E-state index < -0.39 is 0 Å². The Kier molecular flexibility index (Phi) is 4.02. The second-order valence-electron chi connectivity index (χ2n) is 5.12. The number of halogens is 1. The van der Waals surface area contributed by atoms with Gasteiger partial charge < -0.3 is 10.2 Å². The zero-order valence-electron chi connectivity index (χ0n) is 11.6. The van der Waals surface area contributed by atoms with E-state index in [-0.39, 0.29) is 42.0 Å². The second-order valence-corrected chi connectivity index (χ2v) is 6.17. The van der Waals surface area contributed by atoms with Gasteiger partial charge in [-0.3, -0.25) is 14.5 Å². The molecule has 2 fully saturated rings. The Balaban J connectivity index is 1.46. The molecule has 0 radical (unpaired) electrons. The van der Waals surface area contributed by atoms with Crippen LogP contribution in [0, 0.1) is 5.82 Å². The van der Waals surface area contributed by atoms with Gasteiger partial charge in [-0.25, -0.2) is 9.18 Å². The maximum Gasteiger partial charge on any atom is 0.324 e. The number of likely N-dealkylation sites (tertiary alicyclic amines) is 1. The third-order valence-corrected chi connectivity index (χ3v) is 4.63. The van der Waals surface area contributed by atoms with Crippen LogP contribution in [0.1, 0.15) is 0 Å². The second kappa shape index (κ2) is 5.96. The van der Waals surface area contributed by atoms with E-state index >= 15 is 0 Å². The maximum atomic E-state index is 12.8. The highest BCUT2D eigenvalue weighted by Gasteiger charge is 2.42. The van der Waals surface area contributed by atoms with E-state index in [9.17, 15) is 18.8 Å². The van der Waals surface area contributed by atoms with Crippen molar-refractivity contribution in [1.29, 1.82) is 0 Å². The zero-order chi connectivity index (χ0) is 15.7. The number of hydrogen-bond donors (Lipinski definition) is 1. The first-order valence-electron chi connectivity index (χ1n) is 6.80. The number of urea groups is 1. The smallest absolute Gasteiger partial charge is 0.324 e. The van der Waals surface area contributed by atoms with Crippen molar-refractivity contribution in [2.45, 2.75) is 10.9 Å². The number of imide groups is 1. The standard InChI is InChI=1S/C14H14FN3O3S/c15-9-1-3-11(4-2-9)22-8-13(20)17-6-10(7-17)18-12(19)5-16-14(18)21/h1-4,10H,5-8H2,(H,16,21). The highest BCUT2D eigenvalue weighted by atomic mass is 32.2. The summed E-state index contributed by atoms with van der Waals surface area (Å²) >= 11 is 1.33. The Morgan fingerprint density at radius 2 is 1.95 bits per heavy atom. The third-order valence-electron chi connectivity index (χ3n) is 3.63. The minimum Gasteiger partial charge on any atom is -0.338 e. The average Bonchev–Trinajstić information content (AvgIpc) is 2.77. The summed E-state index contributed by atoms with van der Waals surface area (Å²) in [6, 6.07) is 5.34. The van der Waals surface area contributed by atoms with E-state index in [1.807, 2.05) is 0 Å². The minimum atomic E-state index is -0.386. The van der Waals surface area contributed by atoms with E-state index in [0.717, 1.165) is 4.90 Å². The van der Waals surface area contributed by atoms with Crippen LogP contribution in [-0.4, -0.2) is 59.1 Å². The van der Waals surface area contributed by atoms with Gasteiger partial charge in [-0.1, -0.05) is 0 Å². The van der Waals surface area contributed by atoms with Gasteiger partial charge in [0.1, 0.15) is 5.82 Å². The molecule has 2 heterocycles. The predicted octanol–water partition coefficient (Wildman–Crippen LogP) is 0.680. The quantitative estimate of drug-likeness (QED) is 0.653. The summed E-state index contributed by atoms with van der Waals surface area (Å²) in [6.07, 6.45) is 0. The Hall–Kier alpha value is -2.09. The van der Waals surface area contributed by atoms with Gasteiger partial charge in [0.05, 0.1) is 18.3 Å². The fourth-order valence-corrected chi connectivity index (χ4v) is 3.19. The molecule has 22 heavy (non-hydrogen) atoms. The van der Waals surface area contributed by atoms with Crippen molar-refractivity contribution in [3.8, 4) is 0 Å². The molecule has 0 spiro atoms. The molecule has 0 bridgehead atoms. The first-order valence-corrected chi connectivity index (χ1v) is 7.79. The first-order chi connectivity index (χ1) is 10.5. The van der Waals surface area contributed by atoms with Crippen LogP contribution in [0.5, 0.6) is 0 Å². The summed E-state index contributed by atoms with van der Waals surface area (Å²) in [5, 5.41) is 2.46. The molecule has 3 rings (SSSR count). The van der Waals surface area contributed by atoms with Crippen molar-refractivity contribution < 1.29 is 18.8 Å². The van der Waals surface area contributed by atoms with Crippen molar-refractivity contribution in [1.82, 2.24) is 15.1 Å². The lowest BCUT2D eigenvalue weighted by molar-refractivity contribution is -0.139. The summed E-state index contributed by atoms with van der Waals surface area (Å²) in [4.78, 5) is 38.7. The molecule has 0 unspecified atom stereocenters. The number of nitrogens with one attached hydrogen (secondary N) is 1. The monoisotopic (exact) mass is 323 g/mol. The number of carbonyl (C=O) groups is 3. The van der Waals surface area contributed by atoms with E-state index in [0.29, 0.717) is 13.1 Å². The summed E-state index contributed by atoms with van der Waals surface area (Å²) in [6.45, 7) is 0.785. The topological polar surface area (TPSA) is 69.7 Å². The van der Waals surface area contributed by atoms with E-state index in [4.69, 9.17) is 0 Å². The molecule has 2 aliphatic heterocycles. The van der Waals surface area contributed by atoms with Gasteiger partial charge in [-0.2, -0.15) is 0 Å². The van der Waals surface area contributed by atoms with Gasteiger partial charge in [0.25, 0.3) is 0 Å². The maximum absolute atomic E-state index is 12.8. The van der Waals surface area contributed by atoms with Crippen molar-refractivity contribution in [3.05, 3.63) is 30.1 Å². The van der Waals surface area contributed by atoms with E-state index in [1.54, 1.807) is 17.0 Å². The number of nitrogens with zero attached hydrogens (tertiary/aromatic N) is 2. The van der Waals surface area contributed by atoms with Gasteiger partial charge in [0.2, 0.25) is 11.8 Å². The summed E-state index contributed by atoms with van der Waals surface area (Å²) in [5.41, 5.74) is 0. The van der Waals surface area contributed by atoms with Crippen LogP contribution in [0.4, 0.5) is 9.18 Å². The molecule has 0 aliphatic carbocycles. The highest BCUT2D eigenvalue weighted by molar-refractivity contribution is 8.00. The molecule has 4 amide bonds. The van der Waals surface area contributed by atoms with Crippen molar-refractivity contribution >= 4 is 29.6 Å². The Bertz CT molecular complexity index is 600. The number of thioether (sulfide) groups is 1. The van der Waals surface area contributed by atoms with Crippen LogP contribution < -0.4 is 5.32 Å². The molecule has 2 saturated heterocycles. The van der Waals surface area contributed by atoms with Crippen LogP contribution in [0.3, 0.4) is 0 Å². The number of rotatable bonds is 4. The molecular formula is C14H14FN3O3S. The SMILES string of the molecule is O=C(CSc1ccc(F)cc1)N1CC(N2C(=O)CNC2=O)C1.